The van der Waals surface area contributed by atoms with Crippen LogP contribution in [0.3, 0.4) is 0 Å². The number of benzene rings is 1. The molecule has 2 rings (SSSR count). The number of hydrogen-bond acceptors (Lipinski definition) is 3. The molecule has 0 saturated heterocycles. The Hall–Kier alpha value is -1.62. The summed E-state index contributed by atoms with van der Waals surface area (Å²) in [4.78, 5) is 16.1. The van der Waals surface area contributed by atoms with Gasteiger partial charge in [0.2, 0.25) is 0 Å². The van der Waals surface area contributed by atoms with Crippen molar-refractivity contribution in [3.8, 4) is 0 Å². The SMILES string of the molecule is NCc1cc(C(=O)Nc2cc(Cl)ccc2Cl)ccn1. The average Bonchev–Trinajstić information content (AvgIpc) is 2.43. The summed E-state index contributed by atoms with van der Waals surface area (Å²) in [6.45, 7) is 0.277. The highest BCUT2D eigenvalue weighted by Crippen LogP contribution is 2.25. The number of amides is 1. The third kappa shape index (κ3) is 3.44. The molecule has 98 valence electrons. The highest BCUT2D eigenvalue weighted by atomic mass is 35.5. The summed E-state index contributed by atoms with van der Waals surface area (Å²) in [5.41, 5.74) is 7.05. The molecule has 0 aliphatic heterocycles. The fourth-order valence-corrected chi connectivity index (χ4v) is 1.86. The van der Waals surface area contributed by atoms with Crippen molar-refractivity contribution in [3.63, 3.8) is 0 Å². The van der Waals surface area contributed by atoms with Crippen LogP contribution < -0.4 is 11.1 Å². The largest absolute Gasteiger partial charge is 0.325 e. The van der Waals surface area contributed by atoms with Crippen LogP contribution in [0.5, 0.6) is 0 Å². The maximum Gasteiger partial charge on any atom is 0.255 e. The second kappa shape index (κ2) is 6.02. The topological polar surface area (TPSA) is 68.0 Å². The highest BCUT2D eigenvalue weighted by molar-refractivity contribution is 6.35. The van der Waals surface area contributed by atoms with E-state index in [-0.39, 0.29) is 12.5 Å². The summed E-state index contributed by atoms with van der Waals surface area (Å²) in [6.07, 6.45) is 1.54. The van der Waals surface area contributed by atoms with E-state index in [0.29, 0.717) is 27.0 Å². The molecule has 1 aromatic heterocycles. The summed E-state index contributed by atoms with van der Waals surface area (Å²) < 4.78 is 0. The Labute approximate surface area is 120 Å². The molecule has 6 heteroatoms. The number of carbonyl (C=O) groups excluding carboxylic acids is 1. The van der Waals surface area contributed by atoms with Gasteiger partial charge in [-0.25, -0.2) is 0 Å². The minimum Gasteiger partial charge on any atom is -0.325 e. The molecule has 19 heavy (non-hydrogen) atoms. The molecule has 0 fully saturated rings. The van der Waals surface area contributed by atoms with E-state index in [1.54, 1.807) is 30.3 Å². The number of hydrogen-bond donors (Lipinski definition) is 2. The Morgan fingerprint density at radius 1 is 1.26 bits per heavy atom. The van der Waals surface area contributed by atoms with Crippen LogP contribution in [0.1, 0.15) is 16.1 Å². The van der Waals surface area contributed by atoms with Crippen LogP contribution in [0.25, 0.3) is 0 Å². The minimum atomic E-state index is -0.290. The first-order valence-electron chi connectivity index (χ1n) is 5.51. The Morgan fingerprint density at radius 3 is 2.79 bits per heavy atom. The molecule has 0 radical (unpaired) electrons. The lowest BCUT2D eigenvalue weighted by Crippen LogP contribution is -2.13. The number of nitrogens with two attached hydrogens (primary N) is 1. The van der Waals surface area contributed by atoms with Gasteiger partial charge < -0.3 is 11.1 Å². The number of aromatic nitrogens is 1. The molecule has 1 amide bonds. The predicted octanol–water partition coefficient (Wildman–Crippen LogP) is 3.10. The first kappa shape index (κ1) is 13.8. The van der Waals surface area contributed by atoms with Gasteiger partial charge in [-0.3, -0.25) is 9.78 Å². The quantitative estimate of drug-likeness (QED) is 0.914. The van der Waals surface area contributed by atoms with E-state index in [4.69, 9.17) is 28.9 Å². The second-order valence-electron chi connectivity index (χ2n) is 3.82. The van der Waals surface area contributed by atoms with Gasteiger partial charge in [-0.05, 0) is 30.3 Å². The van der Waals surface area contributed by atoms with Crippen LogP contribution in [0.15, 0.2) is 36.5 Å². The van der Waals surface area contributed by atoms with Crippen molar-refractivity contribution in [1.29, 1.82) is 0 Å². The standard InChI is InChI=1S/C13H11Cl2N3O/c14-9-1-2-11(15)12(6-9)18-13(19)8-3-4-17-10(5-8)7-16/h1-6H,7,16H2,(H,18,19). The van der Waals surface area contributed by atoms with Crippen LogP contribution in [-0.4, -0.2) is 10.9 Å². The lowest BCUT2D eigenvalue weighted by molar-refractivity contribution is 0.102. The summed E-state index contributed by atoms with van der Waals surface area (Å²) >= 11 is 11.8. The average molecular weight is 296 g/mol. The fraction of sp³-hybridized carbons (Fsp3) is 0.0769. The van der Waals surface area contributed by atoms with Crippen molar-refractivity contribution in [2.24, 2.45) is 5.73 Å². The zero-order chi connectivity index (χ0) is 13.8. The molecule has 0 aliphatic carbocycles. The molecule has 3 N–H and O–H groups in total. The van der Waals surface area contributed by atoms with Crippen LogP contribution >= 0.6 is 23.2 Å². The summed E-state index contributed by atoms with van der Waals surface area (Å²) in [5, 5.41) is 3.61. The highest BCUT2D eigenvalue weighted by Gasteiger charge is 2.09. The lowest BCUT2D eigenvalue weighted by Gasteiger charge is -2.08. The van der Waals surface area contributed by atoms with Crippen LogP contribution in [0, 0.1) is 0 Å². The molecular formula is C13H11Cl2N3O. The minimum absolute atomic E-state index is 0.277. The summed E-state index contributed by atoms with van der Waals surface area (Å²) in [6, 6.07) is 8.10. The Bertz CT molecular complexity index is 617. The van der Waals surface area contributed by atoms with Crippen LogP contribution in [0.2, 0.25) is 10.0 Å². The first-order valence-corrected chi connectivity index (χ1v) is 6.27. The zero-order valence-corrected chi connectivity index (χ0v) is 11.4. The number of rotatable bonds is 3. The van der Waals surface area contributed by atoms with Crippen LogP contribution in [0.4, 0.5) is 5.69 Å². The van der Waals surface area contributed by atoms with E-state index in [1.165, 1.54) is 6.20 Å². The van der Waals surface area contributed by atoms with Gasteiger partial charge in [0.05, 0.1) is 16.4 Å². The van der Waals surface area contributed by atoms with Gasteiger partial charge >= 0.3 is 0 Å². The Kier molecular flexibility index (Phi) is 4.37. The molecule has 0 atom stereocenters. The first-order chi connectivity index (χ1) is 9.10. The monoisotopic (exact) mass is 295 g/mol. The zero-order valence-electron chi connectivity index (χ0n) is 9.86. The molecule has 2 aromatic rings. The third-order valence-electron chi connectivity index (χ3n) is 2.46. The molecule has 0 saturated carbocycles. The predicted molar refractivity (Wildman–Crippen MR) is 76.5 cm³/mol. The van der Waals surface area contributed by atoms with E-state index >= 15 is 0 Å². The van der Waals surface area contributed by atoms with Gasteiger partial charge in [0.25, 0.3) is 5.91 Å². The molecule has 0 bridgehead atoms. The van der Waals surface area contributed by atoms with Gasteiger partial charge in [0.15, 0.2) is 0 Å². The number of pyridine rings is 1. The van der Waals surface area contributed by atoms with Gasteiger partial charge in [-0.1, -0.05) is 23.2 Å². The number of nitrogens with one attached hydrogen (secondary N) is 1. The van der Waals surface area contributed by atoms with Crippen molar-refractivity contribution >= 4 is 34.8 Å². The maximum absolute atomic E-state index is 12.1. The summed E-state index contributed by atoms with van der Waals surface area (Å²) in [7, 11) is 0. The summed E-state index contributed by atoms with van der Waals surface area (Å²) in [5.74, 6) is -0.290. The molecule has 1 heterocycles. The number of halogens is 2. The molecule has 0 aliphatic rings. The maximum atomic E-state index is 12.1. The Balaban J connectivity index is 2.22. The smallest absolute Gasteiger partial charge is 0.255 e. The van der Waals surface area contributed by atoms with Crippen LogP contribution in [-0.2, 0) is 6.54 Å². The van der Waals surface area contributed by atoms with E-state index in [9.17, 15) is 4.79 Å². The number of anilines is 1. The molecule has 1 aromatic carbocycles. The number of carbonyl (C=O) groups is 1. The van der Waals surface area contributed by atoms with E-state index < -0.39 is 0 Å². The van der Waals surface area contributed by atoms with E-state index in [1.807, 2.05) is 0 Å². The molecule has 0 unspecified atom stereocenters. The van der Waals surface area contributed by atoms with Crippen molar-refractivity contribution in [1.82, 2.24) is 4.98 Å². The molecular weight excluding hydrogens is 285 g/mol. The normalized spacial score (nSPS) is 10.3. The van der Waals surface area contributed by atoms with Gasteiger partial charge in [0.1, 0.15) is 0 Å². The van der Waals surface area contributed by atoms with Crippen molar-refractivity contribution in [2.45, 2.75) is 6.54 Å². The van der Waals surface area contributed by atoms with Crippen molar-refractivity contribution < 1.29 is 4.79 Å². The van der Waals surface area contributed by atoms with Crippen molar-refractivity contribution in [3.05, 3.63) is 57.8 Å². The third-order valence-corrected chi connectivity index (χ3v) is 3.03. The van der Waals surface area contributed by atoms with Gasteiger partial charge in [0, 0.05) is 23.3 Å². The van der Waals surface area contributed by atoms with Gasteiger partial charge in [-0.2, -0.15) is 0 Å². The molecule has 0 spiro atoms. The van der Waals surface area contributed by atoms with Crippen molar-refractivity contribution in [2.75, 3.05) is 5.32 Å². The Morgan fingerprint density at radius 2 is 2.05 bits per heavy atom. The molecule has 4 nitrogen and oxygen atoms in total. The van der Waals surface area contributed by atoms with E-state index in [2.05, 4.69) is 10.3 Å². The number of nitrogens with zero attached hydrogens (tertiary/aromatic N) is 1. The lowest BCUT2D eigenvalue weighted by atomic mass is 10.2. The van der Waals surface area contributed by atoms with Gasteiger partial charge in [-0.15, -0.1) is 0 Å². The second-order valence-corrected chi connectivity index (χ2v) is 4.66. The van der Waals surface area contributed by atoms with E-state index in [0.717, 1.165) is 0 Å². The fourth-order valence-electron chi connectivity index (χ4n) is 1.52.